The third kappa shape index (κ3) is 5.02. The Morgan fingerprint density at radius 1 is 0.879 bits per heavy atom. The highest BCUT2D eigenvalue weighted by Gasteiger charge is 2.34. The molecule has 3 heterocycles. The molecule has 1 saturated carbocycles. The lowest BCUT2D eigenvalue weighted by atomic mass is 9.86. The summed E-state index contributed by atoms with van der Waals surface area (Å²) in [5.41, 5.74) is 2.14. The van der Waals surface area contributed by atoms with E-state index in [-0.39, 0.29) is 17.7 Å². The van der Waals surface area contributed by atoms with Gasteiger partial charge in [-0.25, -0.2) is 0 Å². The Kier molecular flexibility index (Phi) is 6.55. The predicted octanol–water partition coefficient (Wildman–Crippen LogP) is 3.84. The fraction of sp³-hybridized carbons (Fsp3) is 0.538. The first-order chi connectivity index (χ1) is 16.2. The van der Waals surface area contributed by atoms with Crippen LogP contribution in [0.5, 0.6) is 0 Å². The van der Waals surface area contributed by atoms with Crippen LogP contribution >= 0.6 is 0 Å². The molecule has 174 valence electrons. The van der Waals surface area contributed by atoms with Crippen molar-refractivity contribution in [2.24, 2.45) is 11.8 Å². The molecule has 2 amide bonds. The minimum Gasteiger partial charge on any atom is -0.353 e. The number of rotatable bonds is 5. The van der Waals surface area contributed by atoms with Crippen molar-refractivity contribution in [2.45, 2.75) is 50.9 Å². The number of carbonyl (C=O) groups excluding carboxylic acids is 2. The van der Waals surface area contributed by atoms with Crippen LogP contribution in [-0.2, 0) is 9.59 Å². The summed E-state index contributed by atoms with van der Waals surface area (Å²) in [6.45, 7) is 3.06. The summed E-state index contributed by atoms with van der Waals surface area (Å²) in [5.74, 6) is 1.98. The second kappa shape index (κ2) is 9.89. The number of aromatic nitrogens is 2. The third-order valence-corrected chi connectivity index (χ3v) is 7.55. The van der Waals surface area contributed by atoms with Crippen molar-refractivity contribution < 1.29 is 9.59 Å². The number of hydrogen-bond acceptors (Lipinski definition) is 5. The Balaban J connectivity index is 1.08. The molecular weight excluding hydrogens is 414 g/mol. The normalized spacial score (nSPS) is 20.4. The van der Waals surface area contributed by atoms with Crippen molar-refractivity contribution in [3.63, 3.8) is 0 Å². The van der Waals surface area contributed by atoms with Gasteiger partial charge in [-0.1, -0.05) is 31.4 Å². The largest absolute Gasteiger partial charge is 0.353 e. The molecular formula is C26H33N5O2. The highest BCUT2D eigenvalue weighted by molar-refractivity contribution is 5.94. The smallest absolute Gasteiger partial charge is 0.231 e. The number of nitrogens with zero attached hydrogens (tertiary/aromatic N) is 4. The van der Waals surface area contributed by atoms with Gasteiger partial charge in [0.1, 0.15) is 0 Å². The number of benzene rings is 1. The highest BCUT2D eigenvalue weighted by Crippen LogP contribution is 2.32. The van der Waals surface area contributed by atoms with Crippen LogP contribution in [-0.4, -0.2) is 53.1 Å². The molecule has 3 fully saturated rings. The Morgan fingerprint density at radius 3 is 2.27 bits per heavy atom. The van der Waals surface area contributed by atoms with Crippen molar-refractivity contribution >= 4 is 23.3 Å². The summed E-state index contributed by atoms with van der Waals surface area (Å²) in [6, 6.07) is 12.0. The Hall–Kier alpha value is -2.96. The van der Waals surface area contributed by atoms with Gasteiger partial charge in [-0.05, 0) is 61.4 Å². The Morgan fingerprint density at radius 2 is 1.61 bits per heavy atom. The molecule has 1 aromatic heterocycles. The molecule has 0 atom stereocenters. The molecule has 7 heteroatoms. The summed E-state index contributed by atoms with van der Waals surface area (Å²) >= 11 is 0. The molecule has 7 nitrogen and oxygen atoms in total. The molecule has 2 aliphatic heterocycles. The lowest BCUT2D eigenvalue weighted by molar-refractivity contribution is -0.137. The topological polar surface area (TPSA) is 78.4 Å². The van der Waals surface area contributed by atoms with Crippen molar-refractivity contribution in [1.82, 2.24) is 15.1 Å². The predicted molar refractivity (Wildman–Crippen MR) is 128 cm³/mol. The monoisotopic (exact) mass is 447 g/mol. The molecule has 1 aliphatic carbocycles. The van der Waals surface area contributed by atoms with Crippen LogP contribution in [0.2, 0.25) is 0 Å². The van der Waals surface area contributed by atoms with E-state index in [2.05, 4.69) is 37.4 Å². The third-order valence-electron chi connectivity index (χ3n) is 7.55. The van der Waals surface area contributed by atoms with Crippen LogP contribution in [0.25, 0.3) is 0 Å². The minimum absolute atomic E-state index is 0.0299. The Bertz CT molecular complexity index is 944. The highest BCUT2D eigenvalue weighted by atomic mass is 16.2. The molecule has 2 saturated heterocycles. The van der Waals surface area contributed by atoms with Crippen molar-refractivity contribution in [3.8, 4) is 0 Å². The maximum absolute atomic E-state index is 12.8. The number of piperidine rings is 1. The molecule has 0 unspecified atom stereocenters. The average molecular weight is 448 g/mol. The lowest BCUT2D eigenvalue weighted by Crippen LogP contribution is -2.52. The lowest BCUT2D eigenvalue weighted by Gasteiger charge is -2.38. The second-order valence-electron chi connectivity index (χ2n) is 9.73. The zero-order valence-corrected chi connectivity index (χ0v) is 19.2. The van der Waals surface area contributed by atoms with E-state index in [1.165, 1.54) is 24.8 Å². The van der Waals surface area contributed by atoms with Gasteiger partial charge >= 0.3 is 0 Å². The molecule has 0 radical (unpaired) electrons. The first-order valence-corrected chi connectivity index (χ1v) is 12.4. The van der Waals surface area contributed by atoms with Gasteiger partial charge in [0.25, 0.3) is 0 Å². The summed E-state index contributed by atoms with van der Waals surface area (Å²) in [4.78, 5) is 29.5. The molecule has 2 aromatic rings. The quantitative estimate of drug-likeness (QED) is 0.754. The van der Waals surface area contributed by atoms with Gasteiger partial charge in [-0.3, -0.25) is 9.59 Å². The van der Waals surface area contributed by atoms with Gasteiger partial charge in [-0.2, -0.15) is 5.10 Å². The SMILES string of the molecule is O=C(Nc1ccc(C2CCN(C(=O)C3CCCCC3)CC2)cc1)C1CN(c2cccnn2)C1. The van der Waals surface area contributed by atoms with Crippen LogP contribution in [0, 0.1) is 11.8 Å². The average Bonchev–Trinajstić information content (AvgIpc) is 2.84. The number of carbonyl (C=O) groups is 2. The van der Waals surface area contributed by atoms with Crippen molar-refractivity contribution in [2.75, 3.05) is 36.4 Å². The zero-order chi connectivity index (χ0) is 22.6. The van der Waals surface area contributed by atoms with E-state index in [1.54, 1.807) is 6.20 Å². The van der Waals surface area contributed by atoms with Crippen LogP contribution in [0.15, 0.2) is 42.6 Å². The maximum Gasteiger partial charge on any atom is 0.231 e. The van der Waals surface area contributed by atoms with Crippen LogP contribution in [0.3, 0.4) is 0 Å². The molecule has 0 spiro atoms. The molecule has 5 rings (SSSR count). The second-order valence-corrected chi connectivity index (χ2v) is 9.73. The van der Waals surface area contributed by atoms with E-state index in [0.29, 0.717) is 24.9 Å². The standard InChI is InChI=1S/C26H33N5O2/c32-25(22-17-31(18-22)24-7-4-14-27-29-24)28-23-10-8-19(9-11-23)20-12-15-30(16-13-20)26(33)21-5-2-1-3-6-21/h4,7-11,14,20-22H,1-3,5-6,12-13,15-18H2,(H,28,32). The van der Waals surface area contributed by atoms with E-state index in [9.17, 15) is 9.59 Å². The van der Waals surface area contributed by atoms with E-state index in [0.717, 1.165) is 50.3 Å². The molecule has 0 bridgehead atoms. The number of likely N-dealkylation sites (tertiary alicyclic amines) is 1. The van der Waals surface area contributed by atoms with E-state index < -0.39 is 0 Å². The number of hydrogen-bond donors (Lipinski definition) is 1. The summed E-state index contributed by atoms with van der Waals surface area (Å²) < 4.78 is 0. The van der Waals surface area contributed by atoms with Gasteiger partial charge in [0.15, 0.2) is 5.82 Å². The minimum atomic E-state index is -0.0299. The fourth-order valence-electron chi connectivity index (χ4n) is 5.42. The first-order valence-electron chi connectivity index (χ1n) is 12.4. The summed E-state index contributed by atoms with van der Waals surface area (Å²) in [5, 5.41) is 11.0. The molecule has 3 aliphatic rings. The summed E-state index contributed by atoms with van der Waals surface area (Å²) in [7, 11) is 0. The van der Waals surface area contributed by atoms with Gasteiger partial charge in [0.2, 0.25) is 11.8 Å². The van der Waals surface area contributed by atoms with Gasteiger partial charge in [-0.15, -0.1) is 5.10 Å². The van der Waals surface area contributed by atoms with E-state index in [4.69, 9.17) is 0 Å². The number of amides is 2. The maximum atomic E-state index is 12.8. The first kappa shape index (κ1) is 21.9. The van der Waals surface area contributed by atoms with Gasteiger partial charge < -0.3 is 15.1 Å². The molecule has 1 aromatic carbocycles. The molecule has 1 N–H and O–H groups in total. The van der Waals surface area contributed by atoms with Crippen molar-refractivity contribution in [1.29, 1.82) is 0 Å². The van der Waals surface area contributed by atoms with Crippen LogP contribution in [0.1, 0.15) is 56.4 Å². The number of anilines is 2. The fourth-order valence-corrected chi connectivity index (χ4v) is 5.42. The number of nitrogens with one attached hydrogen (secondary N) is 1. The summed E-state index contributed by atoms with van der Waals surface area (Å²) in [6.07, 6.45) is 9.53. The zero-order valence-electron chi connectivity index (χ0n) is 19.2. The van der Waals surface area contributed by atoms with Gasteiger partial charge in [0, 0.05) is 44.0 Å². The van der Waals surface area contributed by atoms with Crippen LogP contribution in [0.4, 0.5) is 11.5 Å². The Labute approximate surface area is 195 Å². The van der Waals surface area contributed by atoms with Crippen LogP contribution < -0.4 is 10.2 Å². The van der Waals surface area contributed by atoms with E-state index >= 15 is 0 Å². The molecule has 33 heavy (non-hydrogen) atoms. The van der Waals surface area contributed by atoms with Crippen molar-refractivity contribution in [3.05, 3.63) is 48.2 Å². The van der Waals surface area contributed by atoms with Gasteiger partial charge in [0.05, 0.1) is 5.92 Å². The van der Waals surface area contributed by atoms with E-state index in [1.807, 2.05) is 24.3 Å².